The van der Waals surface area contributed by atoms with Crippen LogP contribution >= 0.6 is 15.9 Å². The van der Waals surface area contributed by atoms with E-state index in [2.05, 4.69) is 58.6 Å². The molecule has 0 aromatic heterocycles. The highest BCUT2D eigenvalue weighted by Crippen LogP contribution is 2.28. The van der Waals surface area contributed by atoms with E-state index in [1.165, 1.54) is 11.1 Å². The quantitative estimate of drug-likeness (QED) is 0.647. The Hall–Kier alpha value is -1.16. The number of hydrogen-bond acceptors (Lipinski definition) is 2. The predicted octanol–water partition coefficient (Wildman–Crippen LogP) is 3.95. The number of aryl methyl sites for hydroxylation is 1. The van der Waals surface area contributed by atoms with Crippen LogP contribution in [0.15, 0.2) is 53.0 Å². The molecule has 2 aromatic carbocycles. The first-order valence-corrected chi connectivity index (χ1v) is 7.35. The smallest absolute Gasteiger partial charge is 0.0721 e. The van der Waals surface area contributed by atoms with Crippen LogP contribution < -0.4 is 11.3 Å². The average Bonchev–Trinajstić information content (AvgIpc) is 2.43. The van der Waals surface area contributed by atoms with Gasteiger partial charge in [-0.1, -0.05) is 71.7 Å². The van der Waals surface area contributed by atoms with Gasteiger partial charge >= 0.3 is 0 Å². The Morgan fingerprint density at radius 3 is 2.63 bits per heavy atom. The molecule has 0 heterocycles. The maximum Gasteiger partial charge on any atom is 0.0721 e. The van der Waals surface area contributed by atoms with Crippen LogP contribution in [0.2, 0.25) is 0 Å². The van der Waals surface area contributed by atoms with Crippen molar-refractivity contribution >= 4 is 15.9 Å². The van der Waals surface area contributed by atoms with Crippen molar-refractivity contribution < 1.29 is 0 Å². The molecule has 0 amide bonds. The zero-order chi connectivity index (χ0) is 13.7. The first kappa shape index (κ1) is 14.3. The molecule has 0 bridgehead atoms. The molecule has 0 spiro atoms. The Morgan fingerprint density at radius 1 is 1.16 bits per heavy atom. The maximum atomic E-state index is 5.76. The lowest BCUT2D eigenvalue weighted by Gasteiger charge is -2.19. The standard InChI is InChI=1S/C16H19BrN2/c1-2-6-12-7-5-8-13(11-12)16(19-18)14-9-3-4-10-15(14)17/h3-5,7-11,16,19H,2,6,18H2,1H3. The maximum absolute atomic E-state index is 5.76. The van der Waals surface area contributed by atoms with Gasteiger partial charge in [0.2, 0.25) is 0 Å². The minimum Gasteiger partial charge on any atom is -0.271 e. The third kappa shape index (κ3) is 3.44. The monoisotopic (exact) mass is 318 g/mol. The summed E-state index contributed by atoms with van der Waals surface area (Å²) in [4.78, 5) is 0. The molecule has 0 aliphatic carbocycles. The van der Waals surface area contributed by atoms with Crippen molar-refractivity contribution in [1.82, 2.24) is 5.43 Å². The van der Waals surface area contributed by atoms with Gasteiger partial charge in [0.15, 0.2) is 0 Å². The van der Waals surface area contributed by atoms with Crippen molar-refractivity contribution in [2.75, 3.05) is 0 Å². The van der Waals surface area contributed by atoms with E-state index in [1.54, 1.807) is 0 Å². The zero-order valence-electron chi connectivity index (χ0n) is 11.1. The third-order valence-corrected chi connectivity index (χ3v) is 3.93. The summed E-state index contributed by atoms with van der Waals surface area (Å²) >= 11 is 3.59. The van der Waals surface area contributed by atoms with E-state index in [0.717, 1.165) is 22.9 Å². The number of hydrazine groups is 1. The second-order valence-electron chi connectivity index (χ2n) is 4.62. The normalized spacial score (nSPS) is 12.4. The van der Waals surface area contributed by atoms with Crippen LogP contribution in [0.1, 0.15) is 36.1 Å². The van der Waals surface area contributed by atoms with E-state index >= 15 is 0 Å². The molecule has 1 unspecified atom stereocenters. The Kier molecular flexibility index (Phi) is 5.14. The van der Waals surface area contributed by atoms with Crippen molar-refractivity contribution in [2.45, 2.75) is 25.8 Å². The van der Waals surface area contributed by atoms with E-state index in [0.29, 0.717) is 0 Å². The van der Waals surface area contributed by atoms with E-state index < -0.39 is 0 Å². The highest BCUT2D eigenvalue weighted by Gasteiger charge is 2.15. The molecule has 0 aliphatic rings. The summed E-state index contributed by atoms with van der Waals surface area (Å²) in [6, 6.07) is 16.8. The van der Waals surface area contributed by atoms with Gasteiger partial charge in [0.05, 0.1) is 6.04 Å². The molecule has 1 atom stereocenters. The van der Waals surface area contributed by atoms with E-state index in [-0.39, 0.29) is 6.04 Å². The van der Waals surface area contributed by atoms with E-state index in [4.69, 9.17) is 5.84 Å². The Morgan fingerprint density at radius 2 is 1.95 bits per heavy atom. The lowest BCUT2D eigenvalue weighted by molar-refractivity contribution is 0.633. The SMILES string of the molecule is CCCc1cccc(C(NN)c2ccccc2Br)c1. The summed E-state index contributed by atoms with van der Waals surface area (Å²) in [7, 11) is 0. The number of halogens is 1. The summed E-state index contributed by atoms with van der Waals surface area (Å²) in [6.45, 7) is 2.19. The topological polar surface area (TPSA) is 38.0 Å². The zero-order valence-corrected chi connectivity index (χ0v) is 12.7. The van der Waals surface area contributed by atoms with Gasteiger partial charge in [-0.15, -0.1) is 0 Å². The van der Waals surface area contributed by atoms with Gasteiger partial charge < -0.3 is 0 Å². The molecule has 19 heavy (non-hydrogen) atoms. The summed E-state index contributed by atoms with van der Waals surface area (Å²) in [5, 5.41) is 0. The first-order chi connectivity index (χ1) is 9.26. The molecular weight excluding hydrogens is 300 g/mol. The molecule has 3 N–H and O–H groups in total. The van der Waals surface area contributed by atoms with Crippen molar-refractivity contribution in [3.63, 3.8) is 0 Å². The lowest BCUT2D eigenvalue weighted by Crippen LogP contribution is -2.29. The number of nitrogens with two attached hydrogens (primary N) is 1. The largest absolute Gasteiger partial charge is 0.271 e. The molecule has 0 aliphatic heterocycles. The van der Waals surface area contributed by atoms with Crippen LogP contribution in [0.4, 0.5) is 0 Å². The van der Waals surface area contributed by atoms with Crippen molar-refractivity contribution in [2.24, 2.45) is 5.84 Å². The number of hydrogen-bond donors (Lipinski definition) is 2. The minimum atomic E-state index is 0.00683. The lowest BCUT2D eigenvalue weighted by atomic mass is 9.96. The van der Waals surface area contributed by atoms with Crippen molar-refractivity contribution in [1.29, 1.82) is 0 Å². The highest BCUT2D eigenvalue weighted by atomic mass is 79.9. The minimum absolute atomic E-state index is 0.00683. The van der Waals surface area contributed by atoms with Gasteiger partial charge in [0, 0.05) is 4.47 Å². The summed E-state index contributed by atoms with van der Waals surface area (Å²) < 4.78 is 1.07. The van der Waals surface area contributed by atoms with Crippen LogP contribution in [0.5, 0.6) is 0 Å². The molecule has 0 saturated heterocycles. The summed E-state index contributed by atoms with van der Waals surface area (Å²) in [5.74, 6) is 5.76. The fourth-order valence-corrected chi connectivity index (χ4v) is 2.81. The second kappa shape index (κ2) is 6.85. The average molecular weight is 319 g/mol. The van der Waals surface area contributed by atoms with Crippen molar-refractivity contribution in [3.05, 3.63) is 69.7 Å². The molecule has 2 rings (SSSR count). The Labute approximate surface area is 123 Å². The third-order valence-electron chi connectivity index (χ3n) is 3.21. The van der Waals surface area contributed by atoms with Crippen molar-refractivity contribution in [3.8, 4) is 0 Å². The molecule has 100 valence electrons. The number of benzene rings is 2. The van der Waals surface area contributed by atoms with Crippen LogP contribution in [-0.2, 0) is 6.42 Å². The predicted molar refractivity (Wildman–Crippen MR) is 83.7 cm³/mol. The van der Waals surface area contributed by atoms with Crippen LogP contribution in [0.25, 0.3) is 0 Å². The summed E-state index contributed by atoms with van der Waals surface area (Å²) in [5.41, 5.74) is 6.62. The van der Waals surface area contributed by atoms with Gasteiger partial charge in [0.1, 0.15) is 0 Å². The number of nitrogens with one attached hydrogen (secondary N) is 1. The highest BCUT2D eigenvalue weighted by molar-refractivity contribution is 9.10. The van der Waals surface area contributed by atoms with Gasteiger partial charge in [-0.25, -0.2) is 5.43 Å². The van der Waals surface area contributed by atoms with Gasteiger partial charge in [-0.3, -0.25) is 5.84 Å². The molecule has 3 heteroatoms. The van der Waals surface area contributed by atoms with E-state index in [9.17, 15) is 0 Å². The molecular formula is C16H19BrN2. The van der Waals surface area contributed by atoms with Gasteiger partial charge in [-0.05, 0) is 29.2 Å². The van der Waals surface area contributed by atoms with Crippen LogP contribution in [-0.4, -0.2) is 0 Å². The molecule has 0 fully saturated rings. The van der Waals surface area contributed by atoms with Gasteiger partial charge in [0.25, 0.3) is 0 Å². The number of rotatable bonds is 5. The van der Waals surface area contributed by atoms with Crippen LogP contribution in [0.3, 0.4) is 0 Å². The molecule has 0 saturated carbocycles. The summed E-state index contributed by atoms with van der Waals surface area (Å²) in [6.07, 6.45) is 2.25. The Balaban J connectivity index is 2.37. The van der Waals surface area contributed by atoms with Crippen LogP contribution in [0, 0.1) is 0 Å². The van der Waals surface area contributed by atoms with E-state index in [1.807, 2.05) is 18.2 Å². The fraction of sp³-hybridized carbons (Fsp3) is 0.250. The molecule has 2 aromatic rings. The fourth-order valence-electron chi connectivity index (χ4n) is 2.29. The first-order valence-electron chi connectivity index (χ1n) is 6.55. The molecule has 0 radical (unpaired) electrons. The van der Waals surface area contributed by atoms with Gasteiger partial charge in [-0.2, -0.15) is 0 Å². The molecule has 2 nitrogen and oxygen atoms in total. The second-order valence-corrected chi connectivity index (χ2v) is 5.47. The Bertz CT molecular complexity index is 540.